The first-order valence-electron chi connectivity index (χ1n) is 5.79. The molecule has 92 valence electrons. The number of carboxylic acids is 1. The Labute approximate surface area is 102 Å². The number of rotatable bonds is 6. The zero-order chi connectivity index (χ0) is 12.7. The summed E-state index contributed by atoms with van der Waals surface area (Å²) < 4.78 is 0. The lowest BCUT2D eigenvalue weighted by Crippen LogP contribution is -2.24. The van der Waals surface area contributed by atoms with E-state index in [1.165, 1.54) is 6.08 Å². The van der Waals surface area contributed by atoms with Gasteiger partial charge in [0.1, 0.15) is 5.82 Å². The van der Waals surface area contributed by atoms with E-state index >= 15 is 0 Å². The van der Waals surface area contributed by atoms with Gasteiger partial charge >= 0.3 is 5.97 Å². The van der Waals surface area contributed by atoms with Gasteiger partial charge in [0.2, 0.25) is 0 Å². The Kier molecular flexibility index (Phi) is 5.20. The highest BCUT2D eigenvalue weighted by Crippen LogP contribution is 2.12. The van der Waals surface area contributed by atoms with E-state index < -0.39 is 5.97 Å². The van der Waals surface area contributed by atoms with E-state index in [1.54, 1.807) is 6.20 Å². The highest BCUT2D eigenvalue weighted by molar-refractivity contribution is 5.85. The minimum atomic E-state index is -0.949. The van der Waals surface area contributed by atoms with Crippen LogP contribution in [-0.4, -0.2) is 29.1 Å². The molecule has 0 aliphatic carbocycles. The summed E-state index contributed by atoms with van der Waals surface area (Å²) in [5.74, 6) is -0.0166. The fourth-order valence-corrected chi connectivity index (χ4v) is 1.56. The molecule has 0 aliphatic heterocycles. The van der Waals surface area contributed by atoms with Crippen molar-refractivity contribution in [2.24, 2.45) is 0 Å². The van der Waals surface area contributed by atoms with Crippen LogP contribution >= 0.6 is 0 Å². The summed E-state index contributed by atoms with van der Waals surface area (Å²) in [4.78, 5) is 16.9. The van der Waals surface area contributed by atoms with Crippen LogP contribution in [0.1, 0.15) is 25.8 Å². The quantitative estimate of drug-likeness (QED) is 0.768. The van der Waals surface area contributed by atoms with Gasteiger partial charge in [-0.3, -0.25) is 0 Å². The van der Waals surface area contributed by atoms with Crippen molar-refractivity contribution in [1.29, 1.82) is 0 Å². The fourth-order valence-electron chi connectivity index (χ4n) is 1.56. The smallest absolute Gasteiger partial charge is 0.328 e. The third kappa shape index (κ3) is 4.26. The van der Waals surface area contributed by atoms with Crippen LogP contribution in [0.15, 0.2) is 24.4 Å². The van der Waals surface area contributed by atoms with Crippen molar-refractivity contribution in [2.75, 3.05) is 18.0 Å². The zero-order valence-electron chi connectivity index (χ0n) is 10.3. The highest BCUT2D eigenvalue weighted by Gasteiger charge is 2.03. The van der Waals surface area contributed by atoms with Gasteiger partial charge in [0, 0.05) is 25.4 Å². The van der Waals surface area contributed by atoms with Crippen molar-refractivity contribution in [3.05, 3.63) is 30.0 Å². The molecule has 0 spiro atoms. The van der Waals surface area contributed by atoms with Crippen LogP contribution in [0.2, 0.25) is 0 Å². The molecule has 1 aromatic heterocycles. The molecule has 1 rings (SSSR count). The Morgan fingerprint density at radius 3 is 2.71 bits per heavy atom. The Morgan fingerprint density at radius 1 is 1.47 bits per heavy atom. The second kappa shape index (κ2) is 6.68. The van der Waals surface area contributed by atoms with Crippen LogP contribution in [-0.2, 0) is 4.79 Å². The molecule has 0 aromatic carbocycles. The molecule has 0 aliphatic rings. The van der Waals surface area contributed by atoms with Crippen LogP contribution in [0.5, 0.6) is 0 Å². The summed E-state index contributed by atoms with van der Waals surface area (Å²) in [6.45, 7) is 6.13. The number of hydrogen-bond acceptors (Lipinski definition) is 3. The number of aliphatic carboxylic acids is 1. The van der Waals surface area contributed by atoms with Crippen molar-refractivity contribution in [2.45, 2.75) is 20.3 Å². The summed E-state index contributed by atoms with van der Waals surface area (Å²) in [6.07, 6.45) is 5.42. The first-order chi connectivity index (χ1) is 8.17. The molecule has 0 radical (unpaired) electrons. The molecule has 0 saturated heterocycles. The van der Waals surface area contributed by atoms with Gasteiger partial charge in [-0.15, -0.1) is 0 Å². The Hall–Kier alpha value is -1.84. The van der Waals surface area contributed by atoms with Gasteiger partial charge in [-0.05, 0) is 37.1 Å². The van der Waals surface area contributed by atoms with E-state index in [-0.39, 0.29) is 0 Å². The van der Waals surface area contributed by atoms with E-state index in [1.807, 2.05) is 12.1 Å². The normalized spacial score (nSPS) is 10.7. The van der Waals surface area contributed by atoms with Gasteiger partial charge in [-0.1, -0.05) is 6.92 Å². The third-order valence-electron chi connectivity index (χ3n) is 2.39. The first kappa shape index (κ1) is 13.2. The lowest BCUT2D eigenvalue weighted by Gasteiger charge is -2.20. The monoisotopic (exact) mass is 234 g/mol. The van der Waals surface area contributed by atoms with Crippen molar-refractivity contribution < 1.29 is 9.90 Å². The lowest BCUT2D eigenvalue weighted by molar-refractivity contribution is -0.131. The fraction of sp³-hybridized carbons (Fsp3) is 0.385. The summed E-state index contributed by atoms with van der Waals surface area (Å²) in [5, 5.41) is 8.51. The Bertz CT molecular complexity index is 385. The summed E-state index contributed by atoms with van der Waals surface area (Å²) >= 11 is 0. The summed E-state index contributed by atoms with van der Waals surface area (Å²) in [5.41, 5.74) is 0.795. The minimum Gasteiger partial charge on any atom is -0.478 e. The Balaban J connectivity index is 2.76. The van der Waals surface area contributed by atoms with Crippen LogP contribution in [0.25, 0.3) is 6.08 Å². The molecule has 4 nitrogen and oxygen atoms in total. The maximum atomic E-state index is 10.4. The predicted octanol–water partition coefficient (Wildman–Crippen LogP) is 2.42. The molecule has 0 unspecified atom stereocenters. The van der Waals surface area contributed by atoms with Gasteiger partial charge in [0.25, 0.3) is 0 Å². The molecule has 0 atom stereocenters. The van der Waals surface area contributed by atoms with E-state index in [0.29, 0.717) is 0 Å². The maximum Gasteiger partial charge on any atom is 0.328 e. The number of anilines is 1. The van der Waals surface area contributed by atoms with Crippen molar-refractivity contribution >= 4 is 17.9 Å². The molecule has 0 amide bonds. The third-order valence-corrected chi connectivity index (χ3v) is 2.39. The van der Waals surface area contributed by atoms with Gasteiger partial charge in [0.05, 0.1) is 0 Å². The SMILES string of the molecule is CCCN(CC)c1ccc(/C=C/C(=O)O)cn1. The molecule has 1 N–H and O–H groups in total. The van der Waals surface area contributed by atoms with Crippen molar-refractivity contribution in [1.82, 2.24) is 4.98 Å². The maximum absolute atomic E-state index is 10.4. The number of carbonyl (C=O) groups is 1. The first-order valence-corrected chi connectivity index (χ1v) is 5.79. The second-order valence-electron chi connectivity index (χ2n) is 3.70. The van der Waals surface area contributed by atoms with Gasteiger partial charge in [-0.25, -0.2) is 9.78 Å². The number of hydrogen-bond donors (Lipinski definition) is 1. The molecular weight excluding hydrogens is 216 g/mol. The average Bonchev–Trinajstić information content (AvgIpc) is 2.34. The Morgan fingerprint density at radius 2 is 2.24 bits per heavy atom. The van der Waals surface area contributed by atoms with Crippen LogP contribution < -0.4 is 4.90 Å². The van der Waals surface area contributed by atoms with E-state index in [4.69, 9.17) is 5.11 Å². The summed E-state index contributed by atoms with van der Waals surface area (Å²) in [7, 11) is 0. The molecule has 0 bridgehead atoms. The number of pyridine rings is 1. The molecule has 4 heteroatoms. The topological polar surface area (TPSA) is 53.4 Å². The van der Waals surface area contributed by atoms with Crippen molar-refractivity contribution in [3.8, 4) is 0 Å². The molecule has 0 fully saturated rings. The minimum absolute atomic E-state index is 0.795. The summed E-state index contributed by atoms with van der Waals surface area (Å²) in [6, 6.07) is 3.79. The predicted molar refractivity (Wildman–Crippen MR) is 69.1 cm³/mol. The van der Waals surface area contributed by atoms with Crippen LogP contribution in [0.4, 0.5) is 5.82 Å². The van der Waals surface area contributed by atoms with Crippen LogP contribution in [0, 0.1) is 0 Å². The lowest BCUT2D eigenvalue weighted by atomic mass is 10.2. The molecule has 1 heterocycles. The number of carboxylic acid groups (broad SMARTS) is 1. The second-order valence-corrected chi connectivity index (χ2v) is 3.70. The van der Waals surface area contributed by atoms with Gasteiger partial charge < -0.3 is 10.0 Å². The molecule has 17 heavy (non-hydrogen) atoms. The van der Waals surface area contributed by atoms with Gasteiger partial charge in [-0.2, -0.15) is 0 Å². The van der Waals surface area contributed by atoms with E-state index in [9.17, 15) is 4.79 Å². The number of nitrogens with zero attached hydrogens (tertiary/aromatic N) is 2. The average molecular weight is 234 g/mol. The largest absolute Gasteiger partial charge is 0.478 e. The standard InChI is InChI=1S/C13H18N2O2/c1-3-9-15(4-2)12-7-5-11(10-14-12)6-8-13(16)17/h5-8,10H,3-4,9H2,1-2H3,(H,16,17)/b8-6+. The molecule has 0 saturated carbocycles. The molecule has 1 aromatic rings. The molecular formula is C13H18N2O2. The highest BCUT2D eigenvalue weighted by atomic mass is 16.4. The zero-order valence-corrected chi connectivity index (χ0v) is 10.3. The van der Waals surface area contributed by atoms with Crippen LogP contribution in [0.3, 0.4) is 0 Å². The van der Waals surface area contributed by atoms with E-state index in [0.717, 1.165) is 37.0 Å². The number of aromatic nitrogens is 1. The van der Waals surface area contributed by atoms with E-state index in [2.05, 4.69) is 23.7 Å². The van der Waals surface area contributed by atoms with Gasteiger partial charge in [0.15, 0.2) is 0 Å². The van der Waals surface area contributed by atoms with Crippen molar-refractivity contribution in [3.63, 3.8) is 0 Å².